The van der Waals surface area contributed by atoms with Crippen LogP contribution >= 0.6 is 0 Å². The number of aliphatic carboxylic acids is 1. The molecule has 130 valence electrons. The molecule has 6 heteroatoms. The molecule has 3 rings (SSSR count). The number of amides is 2. The molecule has 2 aromatic carbocycles. The Balaban J connectivity index is 1.58. The van der Waals surface area contributed by atoms with Crippen LogP contribution in [0.1, 0.15) is 12.8 Å². The van der Waals surface area contributed by atoms with Gasteiger partial charge in [-0.05, 0) is 37.1 Å². The molecule has 0 bridgehead atoms. The predicted octanol–water partition coefficient (Wildman–Crippen LogP) is 3.81. The number of piperidine rings is 1. The van der Waals surface area contributed by atoms with Crippen LogP contribution in [0.4, 0.5) is 10.5 Å². The Morgan fingerprint density at radius 1 is 1.00 bits per heavy atom. The van der Waals surface area contributed by atoms with E-state index in [2.05, 4.69) is 5.32 Å². The minimum Gasteiger partial charge on any atom is -0.481 e. The Kier molecular flexibility index (Phi) is 5.18. The molecule has 1 heterocycles. The van der Waals surface area contributed by atoms with Crippen molar-refractivity contribution in [1.82, 2.24) is 4.90 Å². The van der Waals surface area contributed by atoms with E-state index in [1.807, 2.05) is 42.5 Å². The van der Waals surface area contributed by atoms with E-state index >= 15 is 0 Å². The fourth-order valence-electron chi connectivity index (χ4n) is 2.79. The molecular weight excluding hydrogens is 320 g/mol. The van der Waals surface area contributed by atoms with Crippen LogP contribution in [0, 0.1) is 5.92 Å². The first-order valence-electron chi connectivity index (χ1n) is 8.23. The number of nitrogens with zero attached hydrogens (tertiary/aromatic N) is 1. The summed E-state index contributed by atoms with van der Waals surface area (Å²) in [5, 5.41) is 11.9. The van der Waals surface area contributed by atoms with E-state index in [0.29, 0.717) is 37.4 Å². The zero-order valence-electron chi connectivity index (χ0n) is 13.7. The fraction of sp³-hybridized carbons (Fsp3) is 0.263. The van der Waals surface area contributed by atoms with Crippen LogP contribution in [0.2, 0.25) is 0 Å². The first kappa shape index (κ1) is 16.8. The van der Waals surface area contributed by atoms with Crippen molar-refractivity contribution < 1.29 is 19.4 Å². The highest BCUT2D eigenvalue weighted by atomic mass is 16.5. The van der Waals surface area contributed by atoms with Crippen LogP contribution in [0.25, 0.3) is 0 Å². The van der Waals surface area contributed by atoms with E-state index in [-0.39, 0.29) is 11.9 Å². The molecule has 0 atom stereocenters. The summed E-state index contributed by atoms with van der Waals surface area (Å²) in [6, 6.07) is 16.4. The van der Waals surface area contributed by atoms with Gasteiger partial charge in [-0.1, -0.05) is 24.3 Å². The monoisotopic (exact) mass is 340 g/mol. The van der Waals surface area contributed by atoms with E-state index in [9.17, 15) is 9.59 Å². The molecule has 1 aliphatic heterocycles. The molecule has 1 aliphatic rings. The lowest BCUT2D eigenvalue weighted by molar-refractivity contribution is -0.143. The van der Waals surface area contributed by atoms with Gasteiger partial charge in [-0.2, -0.15) is 0 Å². The summed E-state index contributed by atoms with van der Waals surface area (Å²) < 4.78 is 5.76. The molecule has 0 aromatic heterocycles. The molecule has 6 nitrogen and oxygen atoms in total. The summed E-state index contributed by atoms with van der Waals surface area (Å²) in [6.45, 7) is 0.895. The minimum absolute atomic E-state index is 0.222. The average molecular weight is 340 g/mol. The third kappa shape index (κ3) is 4.50. The largest absolute Gasteiger partial charge is 0.481 e. The lowest BCUT2D eigenvalue weighted by Gasteiger charge is -2.30. The SMILES string of the molecule is O=C(O)C1CCN(C(=O)Nc2cccc(Oc3ccccc3)c2)CC1. The average Bonchev–Trinajstić information content (AvgIpc) is 2.63. The molecule has 0 radical (unpaired) electrons. The van der Waals surface area contributed by atoms with Crippen molar-refractivity contribution in [2.24, 2.45) is 5.92 Å². The summed E-state index contributed by atoms with van der Waals surface area (Å²) in [4.78, 5) is 25.0. The first-order chi connectivity index (χ1) is 12.1. The van der Waals surface area contributed by atoms with Crippen LogP contribution in [-0.2, 0) is 4.79 Å². The van der Waals surface area contributed by atoms with E-state index in [0.717, 1.165) is 5.75 Å². The van der Waals surface area contributed by atoms with Gasteiger partial charge in [0.1, 0.15) is 11.5 Å². The Morgan fingerprint density at radius 2 is 1.68 bits per heavy atom. The number of hydrogen-bond acceptors (Lipinski definition) is 3. The van der Waals surface area contributed by atoms with Crippen LogP contribution in [0.5, 0.6) is 11.5 Å². The van der Waals surface area contributed by atoms with Crippen LogP contribution < -0.4 is 10.1 Å². The number of nitrogens with one attached hydrogen (secondary N) is 1. The number of likely N-dealkylation sites (tertiary alicyclic amines) is 1. The van der Waals surface area contributed by atoms with E-state index in [4.69, 9.17) is 9.84 Å². The second-order valence-corrected chi connectivity index (χ2v) is 5.97. The molecule has 1 fully saturated rings. The fourth-order valence-corrected chi connectivity index (χ4v) is 2.79. The van der Waals surface area contributed by atoms with Gasteiger partial charge in [0.2, 0.25) is 0 Å². The highest BCUT2D eigenvalue weighted by molar-refractivity contribution is 5.89. The molecule has 0 aliphatic carbocycles. The topological polar surface area (TPSA) is 78.9 Å². The summed E-state index contributed by atoms with van der Waals surface area (Å²) >= 11 is 0. The van der Waals surface area contributed by atoms with Gasteiger partial charge in [0, 0.05) is 24.8 Å². The van der Waals surface area contributed by atoms with E-state index in [1.165, 1.54) is 0 Å². The molecule has 2 amide bonds. The van der Waals surface area contributed by atoms with Gasteiger partial charge in [-0.25, -0.2) is 4.79 Å². The number of para-hydroxylation sites is 1. The van der Waals surface area contributed by atoms with Crippen molar-refractivity contribution in [3.63, 3.8) is 0 Å². The lowest BCUT2D eigenvalue weighted by Crippen LogP contribution is -2.42. The van der Waals surface area contributed by atoms with Gasteiger partial charge in [0.25, 0.3) is 0 Å². The van der Waals surface area contributed by atoms with Gasteiger partial charge in [-0.15, -0.1) is 0 Å². The second-order valence-electron chi connectivity index (χ2n) is 5.97. The molecule has 2 aromatic rings. The molecular formula is C19H20N2O4. The predicted molar refractivity (Wildman–Crippen MR) is 93.9 cm³/mol. The molecule has 25 heavy (non-hydrogen) atoms. The van der Waals surface area contributed by atoms with Gasteiger partial charge in [-0.3, -0.25) is 4.79 Å². The second kappa shape index (κ2) is 7.70. The maximum atomic E-state index is 12.3. The Morgan fingerprint density at radius 3 is 2.36 bits per heavy atom. The van der Waals surface area contributed by atoms with Crippen molar-refractivity contribution in [1.29, 1.82) is 0 Å². The van der Waals surface area contributed by atoms with E-state index in [1.54, 1.807) is 17.0 Å². The first-order valence-corrected chi connectivity index (χ1v) is 8.23. The quantitative estimate of drug-likeness (QED) is 0.887. The third-order valence-electron chi connectivity index (χ3n) is 4.20. The van der Waals surface area contributed by atoms with Crippen LogP contribution in [0.3, 0.4) is 0 Å². The number of carbonyl (C=O) groups is 2. The van der Waals surface area contributed by atoms with Crippen molar-refractivity contribution in [3.05, 3.63) is 54.6 Å². The number of carbonyl (C=O) groups excluding carboxylic acids is 1. The standard InChI is InChI=1S/C19H20N2O4/c22-18(23)14-9-11-21(12-10-14)19(24)20-15-5-4-8-17(13-15)25-16-6-2-1-3-7-16/h1-8,13-14H,9-12H2,(H,20,24)(H,22,23). The molecule has 2 N–H and O–H groups in total. The number of ether oxygens (including phenoxy) is 1. The summed E-state index contributed by atoms with van der Waals surface area (Å²) in [5.41, 5.74) is 0.638. The zero-order chi connectivity index (χ0) is 17.6. The summed E-state index contributed by atoms with van der Waals surface area (Å²) in [5.74, 6) is 0.216. The minimum atomic E-state index is -0.786. The van der Waals surface area contributed by atoms with Gasteiger partial charge in [0.05, 0.1) is 5.92 Å². The molecule has 0 saturated carbocycles. The van der Waals surface area contributed by atoms with Crippen LogP contribution in [-0.4, -0.2) is 35.1 Å². The van der Waals surface area contributed by atoms with Gasteiger partial charge in [0.15, 0.2) is 0 Å². The number of urea groups is 1. The van der Waals surface area contributed by atoms with Gasteiger partial charge < -0.3 is 20.1 Å². The summed E-state index contributed by atoms with van der Waals surface area (Å²) in [7, 11) is 0. The zero-order valence-corrected chi connectivity index (χ0v) is 13.7. The van der Waals surface area contributed by atoms with Crippen LogP contribution in [0.15, 0.2) is 54.6 Å². The Bertz CT molecular complexity index is 740. The molecule has 1 saturated heterocycles. The van der Waals surface area contributed by atoms with Crippen molar-refractivity contribution in [3.8, 4) is 11.5 Å². The maximum absolute atomic E-state index is 12.3. The number of benzene rings is 2. The highest BCUT2D eigenvalue weighted by Gasteiger charge is 2.26. The van der Waals surface area contributed by atoms with Crippen molar-refractivity contribution in [2.45, 2.75) is 12.8 Å². The lowest BCUT2D eigenvalue weighted by atomic mass is 9.97. The third-order valence-corrected chi connectivity index (χ3v) is 4.20. The van der Waals surface area contributed by atoms with Crippen molar-refractivity contribution in [2.75, 3.05) is 18.4 Å². The Hall–Kier alpha value is -3.02. The molecule has 0 unspecified atom stereocenters. The normalized spacial score (nSPS) is 14.8. The van der Waals surface area contributed by atoms with Crippen molar-refractivity contribution >= 4 is 17.7 Å². The highest BCUT2D eigenvalue weighted by Crippen LogP contribution is 2.24. The Labute approximate surface area is 146 Å². The number of hydrogen-bond donors (Lipinski definition) is 2. The number of carboxylic acid groups (broad SMARTS) is 1. The smallest absolute Gasteiger partial charge is 0.321 e. The summed E-state index contributed by atoms with van der Waals surface area (Å²) in [6.07, 6.45) is 0.972. The van der Waals surface area contributed by atoms with Gasteiger partial charge >= 0.3 is 12.0 Å². The number of anilines is 1. The number of carboxylic acids is 1. The number of rotatable bonds is 4. The maximum Gasteiger partial charge on any atom is 0.321 e. The molecule has 0 spiro atoms. The van der Waals surface area contributed by atoms with E-state index < -0.39 is 5.97 Å².